The highest BCUT2D eigenvalue weighted by Crippen LogP contribution is 2.42. The molecular formula is C30H37ClN2O8. The maximum Gasteiger partial charge on any atom is 0.341 e. The van der Waals surface area contributed by atoms with Crippen LogP contribution in [0.15, 0.2) is 23.8 Å². The van der Waals surface area contributed by atoms with Gasteiger partial charge in [0.1, 0.15) is 17.4 Å². The van der Waals surface area contributed by atoms with E-state index in [0.717, 1.165) is 11.1 Å². The summed E-state index contributed by atoms with van der Waals surface area (Å²) in [4.78, 5) is 40.0. The topological polar surface area (TPSA) is 113 Å². The summed E-state index contributed by atoms with van der Waals surface area (Å²) in [5.74, 6) is 0.501. The predicted octanol–water partition coefficient (Wildman–Crippen LogP) is 6.09. The number of urea groups is 1. The van der Waals surface area contributed by atoms with Gasteiger partial charge in [-0.25, -0.2) is 9.59 Å². The molecule has 222 valence electrons. The first-order chi connectivity index (χ1) is 19.6. The summed E-state index contributed by atoms with van der Waals surface area (Å²) >= 11 is 6.33. The van der Waals surface area contributed by atoms with Gasteiger partial charge in [0.05, 0.1) is 32.6 Å². The number of methoxy groups -OCH3 is 3. The number of carbonyl (C=O) groups excluding carboxylic acids is 3. The Bertz CT molecular complexity index is 1350. The van der Waals surface area contributed by atoms with E-state index in [1.807, 2.05) is 33.8 Å². The molecule has 0 saturated carbocycles. The molecule has 2 aromatic rings. The average Bonchev–Trinajstić information content (AvgIpc) is 3.35. The number of hydrogen-bond donors (Lipinski definition) is 1. The number of nitrogens with zero attached hydrogens (tertiary/aromatic N) is 1. The molecule has 2 amide bonds. The van der Waals surface area contributed by atoms with Crippen LogP contribution < -0.4 is 24.3 Å². The summed E-state index contributed by atoms with van der Waals surface area (Å²) in [5.41, 5.74) is 3.77. The Kier molecular flexibility index (Phi) is 10.9. The number of carbonyl (C=O) groups is 3. The molecule has 3 rings (SSSR count). The number of allylic oxidation sites excluding steroid dienone is 2. The number of amides is 2. The number of anilines is 1. The van der Waals surface area contributed by atoms with Crippen molar-refractivity contribution < 1.29 is 38.1 Å². The molecule has 0 unspecified atom stereocenters. The van der Waals surface area contributed by atoms with Crippen molar-refractivity contribution in [3.05, 3.63) is 51.1 Å². The Morgan fingerprint density at radius 2 is 1.71 bits per heavy atom. The van der Waals surface area contributed by atoms with Crippen LogP contribution in [0, 0.1) is 6.92 Å². The van der Waals surface area contributed by atoms with Crippen molar-refractivity contribution in [2.24, 2.45) is 0 Å². The first-order valence-electron chi connectivity index (χ1n) is 13.3. The van der Waals surface area contributed by atoms with Gasteiger partial charge in [-0.1, -0.05) is 23.3 Å². The van der Waals surface area contributed by atoms with E-state index in [1.54, 1.807) is 24.1 Å². The minimum Gasteiger partial charge on any atom is -0.496 e. The summed E-state index contributed by atoms with van der Waals surface area (Å²) < 4.78 is 27.0. The second-order valence-electron chi connectivity index (χ2n) is 9.39. The van der Waals surface area contributed by atoms with Crippen molar-refractivity contribution in [3.8, 4) is 23.0 Å². The van der Waals surface area contributed by atoms with Gasteiger partial charge in [-0.3, -0.25) is 4.79 Å². The minimum absolute atomic E-state index is 0.102. The molecule has 41 heavy (non-hydrogen) atoms. The van der Waals surface area contributed by atoms with Crippen molar-refractivity contribution in [2.75, 3.05) is 39.7 Å². The van der Waals surface area contributed by atoms with Crippen molar-refractivity contribution in [2.45, 2.75) is 53.6 Å². The average molecular weight is 589 g/mol. The third-order valence-electron chi connectivity index (χ3n) is 7.01. The summed E-state index contributed by atoms with van der Waals surface area (Å²) in [5, 5.41) is 3.08. The fourth-order valence-electron chi connectivity index (χ4n) is 4.69. The van der Waals surface area contributed by atoms with Crippen molar-refractivity contribution in [3.63, 3.8) is 0 Å². The Hall–Kier alpha value is -3.92. The number of ether oxygens (including phenoxy) is 5. The monoisotopic (exact) mass is 588 g/mol. The lowest BCUT2D eigenvalue weighted by molar-refractivity contribution is -0.134. The van der Waals surface area contributed by atoms with Gasteiger partial charge in [-0.05, 0) is 58.2 Å². The van der Waals surface area contributed by atoms with E-state index >= 15 is 0 Å². The molecular weight excluding hydrogens is 552 g/mol. The van der Waals surface area contributed by atoms with Crippen LogP contribution in [0.25, 0.3) is 0 Å². The molecule has 1 aliphatic heterocycles. The lowest BCUT2D eigenvalue weighted by Gasteiger charge is -2.23. The highest BCUT2D eigenvalue weighted by atomic mass is 35.5. The van der Waals surface area contributed by atoms with Gasteiger partial charge in [0.15, 0.2) is 17.2 Å². The van der Waals surface area contributed by atoms with Crippen molar-refractivity contribution >= 4 is 35.3 Å². The first-order valence-corrected chi connectivity index (χ1v) is 13.7. The number of nitrogens with one attached hydrogen (secondary N) is 1. The lowest BCUT2D eigenvalue weighted by atomic mass is 9.93. The highest BCUT2D eigenvalue weighted by Gasteiger charge is 2.33. The number of benzene rings is 2. The second kappa shape index (κ2) is 14.1. The van der Waals surface area contributed by atoms with E-state index in [9.17, 15) is 14.4 Å². The predicted molar refractivity (Wildman–Crippen MR) is 156 cm³/mol. The van der Waals surface area contributed by atoms with Crippen LogP contribution >= 0.6 is 11.6 Å². The van der Waals surface area contributed by atoms with Crippen molar-refractivity contribution in [1.29, 1.82) is 0 Å². The summed E-state index contributed by atoms with van der Waals surface area (Å²) in [7, 11) is 4.49. The molecule has 1 heterocycles. The first kappa shape index (κ1) is 31.6. The Morgan fingerprint density at radius 3 is 2.32 bits per heavy atom. The quantitative estimate of drug-likeness (QED) is 0.180. The standard InChI is InChI=1S/C30H37ClN2O8/c1-8-33(9-2)30(36)32-26-19(27(38-6)18(4)20-16-40-29(35)24(20)26)12-10-17(3)11-15-23(34)41-21-13-14-22(37-5)28(39-7)25(21)31/h10,13-14H,8-9,11-12,15-16H2,1-7H3,(H,32,36). The smallest absolute Gasteiger partial charge is 0.341 e. The summed E-state index contributed by atoms with van der Waals surface area (Å²) in [6, 6.07) is 2.84. The number of rotatable bonds is 12. The fraction of sp³-hybridized carbons (Fsp3) is 0.433. The van der Waals surface area contributed by atoms with E-state index in [-0.39, 0.29) is 35.6 Å². The summed E-state index contributed by atoms with van der Waals surface area (Å²) in [6.07, 6.45) is 2.80. The number of halogens is 1. The van der Waals surface area contributed by atoms with Gasteiger partial charge >= 0.3 is 18.0 Å². The summed E-state index contributed by atoms with van der Waals surface area (Å²) in [6.45, 7) is 8.67. The zero-order valence-corrected chi connectivity index (χ0v) is 25.3. The number of fused-ring (bicyclic) bond motifs is 1. The number of esters is 2. The molecule has 2 aromatic carbocycles. The molecule has 1 N–H and O–H groups in total. The SMILES string of the molecule is CCN(CC)C(=O)Nc1c(CC=C(C)CCC(=O)Oc2ccc(OC)c(OC)c2Cl)c(OC)c(C)c2c1C(=O)OC2. The van der Waals surface area contributed by atoms with E-state index in [4.69, 9.17) is 35.3 Å². The molecule has 0 atom stereocenters. The fourth-order valence-corrected chi connectivity index (χ4v) is 4.96. The molecule has 0 spiro atoms. The van der Waals surface area contributed by atoms with Gasteiger partial charge in [0, 0.05) is 30.6 Å². The number of cyclic esters (lactones) is 1. The lowest BCUT2D eigenvalue weighted by Crippen LogP contribution is -2.35. The van der Waals surface area contributed by atoms with Gasteiger partial charge in [0.25, 0.3) is 0 Å². The molecule has 11 heteroatoms. The van der Waals surface area contributed by atoms with Gasteiger partial charge in [-0.2, -0.15) is 0 Å². The Labute approximate surface area is 245 Å². The van der Waals surface area contributed by atoms with E-state index < -0.39 is 11.9 Å². The van der Waals surface area contributed by atoms with Crippen LogP contribution in [0.2, 0.25) is 5.02 Å². The third-order valence-corrected chi connectivity index (χ3v) is 7.37. The molecule has 0 fully saturated rings. The molecule has 1 aliphatic rings. The third kappa shape index (κ3) is 6.87. The van der Waals surface area contributed by atoms with Crippen LogP contribution in [0.1, 0.15) is 60.7 Å². The highest BCUT2D eigenvalue weighted by molar-refractivity contribution is 6.34. The Morgan fingerprint density at radius 1 is 1.05 bits per heavy atom. The van der Waals surface area contributed by atoms with E-state index in [0.29, 0.717) is 59.8 Å². The molecule has 0 saturated heterocycles. The van der Waals surface area contributed by atoms with Crippen molar-refractivity contribution in [1.82, 2.24) is 4.90 Å². The van der Waals surface area contributed by atoms with Crippen LogP contribution in [-0.4, -0.2) is 57.3 Å². The van der Waals surface area contributed by atoms with Crippen LogP contribution in [0.4, 0.5) is 10.5 Å². The second-order valence-corrected chi connectivity index (χ2v) is 9.76. The van der Waals surface area contributed by atoms with Gasteiger partial charge < -0.3 is 33.9 Å². The molecule has 10 nitrogen and oxygen atoms in total. The largest absolute Gasteiger partial charge is 0.496 e. The van der Waals surface area contributed by atoms with Gasteiger partial charge in [0.2, 0.25) is 0 Å². The molecule has 0 aromatic heterocycles. The molecule has 0 bridgehead atoms. The minimum atomic E-state index is -0.487. The maximum atomic E-state index is 13.0. The normalized spacial score (nSPS) is 12.4. The maximum absolute atomic E-state index is 13.0. The van der Waals surface area contributed by atoms with Crippen LogP contribution in [0.5, 0.6) is 23.0 Å². The van der Waals surface area contributed by atoms with Crippen LogP contribution in [0.3, 0.4) is 0 Å². The molecule has 0 radical (unpaired) electrons. The van der Waals surface area contributed by atoms with E-state index in [1.165, 1.54) is 14.2 Å². The van der Waals surface area contributed by atoms with E-state index in [2.05, 4.69) is 5.32 Å². The Balaban J connectivity index is 1.82. The zero-order valence-electron chi connectivity index (χ0n) is 24.6. The van der Waals surface area contributed by atoms with Crippen LogP contribution in [-0.2, 0) is 22.6 Å². The van der Waals surface area contributed by atoms with Gasteiger partial charge in [-0.15, -0.1) is 0 Å². The number of hydrogen-bond acceptors (Lipinski definition) is 8. The zero-order chi connectivity index (χ0) is 30.3. The molecule has 0 aliphatic carbocycles.